The van der Waals surface area contributed by atoms with Crippen LogP contribution in [0.4, 0.5) is 4.39 Å². The van der Waals surface area contributed by atoms with Crippen LogP contribution in [0.5, 0.6) is 5.75 Å². The van der Waals surface area contributed by atoms with Crippen LogP contribution in [0.25, 0.3) is 0 Å². The number of aromatic carboxylic acids is 1. The molecular formula is C14H16FO4-. The third-order valence-electron chi connectivity index (χ3n) is 3.43. The Morgan fingerprint density at radius 1 is 1.42 bits per heavy atom. The zero-order valence-electron chi connectivity index (χ0n) is 10.7. The average molecular weight is 267 g/mol. The molecule has 0 N–H and O–H groups in total. The second kappa shape index (κ2) is 6.02. The Balaban J connectivity index is 2.15. The van der Waals surface area contributed by atoms with E-state index in [2.05, 4.69) is 0 Å². The summed E-state index contributed by atoms with van der Waals surface area (Å²) >= 11 is 0. The third kappa shape index (κ3) is 3.23. The fraction of sp³-hybridized carbons (Fsp3) is 0.500. The smallest absolute Gasteiger partial charge is 0.202 e. The van der Waals surface area contributed by atoms with E-state index in [0.29, 0.717) is 0 Å². The van der Waals surface area contributed by atoms with E-state index < -0.39 is 18.1 Å². The lowest BCUT2D eigenvalue weighted by Crippen LogP contribution is -2.28. The number of benzene rings is 1. The zero-order valence-corrected chi connectivity index (χ0v) is 10.7. The Morgan fingerprint density at radius 2 is 2.11 bits per heavy atom. The summed E-state index contributed by atoms with van der Waals surface area (Å²) in [6, 6.07) is 3.34. The van der Waals surface area contributed by atoms with Crippen molar-refractivity contribution in [3.8, 4) is 5.75 Å². The fourth-order valence-electron chi connectivity index (χ4n) is 2.41. The molecular weight excluding hydrogens is 251 g/mol. The first kappa shape index (κ1) is 13.8. The summed E-state index contributed by atoms with van der Waals surface area (Å²) in [5, 5.41) is 10.8. The minimum absolute atomic E-state index is 0.111. The molecule has 0 radical (unpaired) electrons. The van der Waals surface area contributed by atoms with Crippen molar-refractivity contribution in [2.24, 2.45) is 5.92 Å². The summed E-state index contributed by atoms with van der Waals surface area (Å²) in [5.74, 6) is -1.86. The molecule has 5 heteroatoms. The largest absolute Gasteiger partial charge is 0.545 e. The van der Waals surface area contributed by atoms with Gasteiger partial charge >= 0.3 is 0 Å². The van der Waals surface area contributed by atoms with Gasteiger partial charge < -0.3 is 19.4 Å². The number of carboxylic acids is 1. The zero-order chi connectivity index (χ0) is 13.8. The highest BCUT2D eigenvalue weighted by Crippen LogP contribution is 2.31. The molecule has 1 aliphatic rings. The van der Waals surface area contributed by atoms with Gasteiger partial charge in [0.2, 0.25) is 6.29 Å². The highest BCUT2D eigenvalue weighted by atomic mass is 19.1. The average Bonchev–Trinajstić information content (AvgIpc) is 2.91. The number of rotatable bonds is 5. The summed E-state index contributed by atoms with van der Waals surface area (Å²) in [5.41, 5.74) is -0.113. The van der Waals surface area contributed by atoms with Crippen LogP contribution < -0.4 is 9.84 Å². The first-order valence-electron chi connectivity index (χ1n) is 6.32. The summed E-state index contributed by atoms with van der Waals surface area (Å²) < 4.78 is 24.3. The van der Waals surface area contributed by atoms with Crippen LogP contribution in [0.2, 0.25) is 0 Å². The maximum Gasteiger partial charge on any atom is 0.202 e. The Morgan fingerprint density at radius 3 is 2.68 bits per heavy atom. The molecule has 104 valence electrons. The van der Waals surface area contributed by atoms with Gasteiger partial charge in [0.05, 0.1) is 5.97 Å². The molecule has 4 nitrogen and oxygen atoms in total. The highest BCUT2D eigenvalue weighted by molar-refractivity contribution is 5.86. The van der Waals surface area contributed by atoms with Gasteiger partial charge in [-0.15, -0.1) is 0 Å². The Bertz CT molecular complexity index is 455. The van der Waals surface area contributed by atoms with Gasteiger partial charge in [0, 0.05) is 18.6 Å². The number of carbonyl (C=O) groups is 1. The monoisotopic (exact) mass is 267 g/mol. The first-order chi connectivity index (χ1) is 9.11. The molecule has 0 aliphatic heterocycles. The minimum atomic E-state index is -1.36. The molecule has 19 heavy (non-hydrogen) atoms. The molecule has 1 aliphatic carbocycles. The van der Waals surface area contributed by atoms with Gasteiger partial charge in [-0.3, -0.25) is 0 Å². The third-order valence-corrected chi connectivity index (χ3v) is 3.43. The van der Waals surface area contributed by atoms with Crippen molar-refractivity contribution in [3.05, 3.63) is 29.6 Å². The van der Waals surface area contributed by atoms with E-state index in [1.807, 2.05) is 0 Å². The van der Waals surface area contributed by atoms with Crippen molar-refractivity contribution < 1.29 is 23.8 Å². The summed E-state index contributed by atoms with van der Waals surface area (Å²) in [4.78, 5) is 10.8. The molecule has 0 saturated heterocycles. The van der Waals surface area contributed by atoms with Gasteiger partial charge in [-0.25, -0.2) is 4.39 Å². The normalized spacial score (nSPS) is 17.4. The molecule has 1 unspecified atom stereocenters. The van der Waals surface area contributed by atoms with Crippen molar-refractivity contribution in [1.82, 2.24) is 0 Å². The van der Waals surface area contributed by atoms with Gasteiger partial charge in [0.25, 0.3) is 0 Å². The minimum Gasteiger partial charge on any atom is -0.545 e. The van der Waals surface area contributed by atoms with Crippen molar-refractivity contribution in [3.63, 3.8) is 0 Å². The van der Waals surface area contributed by atoms with Gasteiger partial charge in [0.15, 0.2) is 11.6 Å². The fourth-order valence-corrected chi connectivity index (χ4v) is 2.41. The van der Waals surface area contributed by atoms with Crippen LogP contribution in [0.15, 0.2) is 18.2 Å². The molecule has 1 saturated carbocycles. The summed E-state index contributed by atoms with van der Waals surface area (Å²) in [6.07, 6.45) is 3.61. The van der Waals surface area contributed by atoms with Crippen LogP contribution in [-0.2, 0) is 4.74 Å². The topological polar surface area (TPSA) is 58.6 Å². The maximum atomic E-state index is 13.6. The molecule has 1 atom stereocenters. The van der Waals surface area contributed by atoms with Crippen molar-refractivity contribution in [2.75, 3.05) is 7.11 Å². The van der Waals surface area contributed by atoms with Crippen molar-refractivity contribution >= 4 is 5.97 Å². The van der Waals surface area contributed by atoms with Gasteiger partial charge in [-0.1, -0.05) is 12.8 Å². The molecule has 1 fully saturated rings. The predicted molar refractivity (Wildman–Crippen MR) is 64.1 cm³/mol. The van der Waals surface area contributed by atoms with Crippen LogP contribution in [0.3, 0.4) is 0 Å². The number of hydrogen-bond donors (Lipinski definition) is 0. The Kier molecular flexibility index (Phi) is 4.37. The standard InChI is InChI=1S/C14H17FO4/c1-18-14(9-4-2-3-5-9)19-12-8-10(13(16)17)6-7-11(12)15/h6-9,14H,2-5H2,1H3,(H,16,17)/p-1. The van der Waals surface area contributed by atoms with Crippen LogP contribution in [-0.4, -0.2) is 19.4 Å². The van der Waals surface area contributed by atoms with Crippen LogP contribution in [0, 0.1) is 11.7 Å². The van der Waals surface area contributed by atoms with E-state index in [1.54, 1.807) is 0 Å². The number of ether oxygens (including phenoxy) is 2. The lowest BCUT2D eigenvalue weighted by atomic mass is 10.1. The maximum absolute atomic E-state index is 13.6. The molecule has 1 aromatic carbocycles. The molecule has 1 aromatic rings. The van der Waals surface area contributed by atoms with E-state index in [-0.39, 0.29) is 17.2 Å². The number of halogens is 1. The molecule has 2 rings (SSSR count). The van der Waals surface area contributed by atoms with Crippen molar-refractivity contribution in [2.45, 2.75) is 32.0 Å². The van der Waals surface area contributed by atoms with E-state index in [9.17, 15) is 14.3 Å². The number of hydrogen-bond acceptors (Lipinski definition) is 4. The van der Waals surface area contributed by atoms with Crippen LogP contribution in [0.1, 0.15) is 36.0 Å². The molecule has 0 aromatic heterocycles. The van der Waals surface area contributed by atoms with E-state index in [0.717, 1.165) is 43.9 Å². The summed E-state index contributed by atoms with van der Waals surface area (Å²) in [6.45, 7) is 0. The molecule has 0 spiro atoms. The van der Waals surface area contributed by atoms with E-state index in [4.69, 9.17) is 9.47 Å². The lowest BCUT2D eigenvalue weighted by Gasteiger charge is -2.23. The second-order valence-corrected chi connectivity index (χ2v) is 4.70. The number of methoxy groups -OCH3 is 1. The Labute approximate surface area is 111 Å². The summed E-state index contributed by atoms with van der Waals surface area (Å²) in [7, 11) is 1.50. The number of carbonyl (C=O) groups excluding carboxylic acids is 1. The first-order valence-corrected chi connectivity index (χ1v) is 6.32. The van der Waals surface area contributed by atoms with E-state index in [1.165, 1.54) is 7.11 Å². The quantitative estimate of drug-likeness (QED) is 0.762. The Hall–Kier alpha value is -1.62. The SMILES string of the molecule is COC(Oc1cc(C(=O)[O-])ccc1F)C1CCCC1. The van der Waals surface area contributed by atoms with Crippen molar-refractivity contribution in [1.29, 1.82) is 0 Å². The molecule has 0 amide bonds. The second-order valence-electron chi connectivity index (χ2n) is 4.70. The number of carboxylic acid groups (broad SMARTS) is 1. The van der Waals surface area contributed by atoms with Gasteiger partial charge in [-0.2, -0.15) is 0 Å². The van der Waals surface area contributed by atoms with E-state index >= 15 is 0 Å². The lowest BCUT2D eigenvalue weighted by molar-refractivity contribution is -0.255. The molecule has 0 heterocycles. The highest BCUT2D eigenvalue weighted by Gasteiger charge is 2.27. The van der Waals surface area contributed by atoms with Crippen LogP contribution >= 0.6 is 0 Å². The molecule has 0 bridgehead atoms. The predicted octanol–water partition coefficient (Wildman–Crippen LogP) is 1.73. The van der Waals surface area contributed by atoms with Gasteiger partial charge in [0.1, 0.15) is 0 Å². The van der Waals surface area contributed by atoms with Gasteiger partial charge in [-0.05, 0) is 31.0 Å².